The third-order valence-electron chi connectivity index (χ3n) is 5.06. The molecule has 3 rings (SSSR count). The highest BCUT2D eigenvalue weighted by Crippen LogP contribution is 2.23. The summed E-state index contributed by atoms with van der Waals surface area (Å²) in [6.07, 6.45) is 2.41. The van der Waals surface area contributed by atoms with E-state index in [-0.39, 0.29) is 12.5 Å². The second-order valence-electron chi connectivity index (χ2n) is 7.90. The first-order valence-electron chi connectivity index (χ1n) is 11.3. The van der Waals surface area contributed by atoms with Crippen LogP contribution in [-0.4, -0.2) is 60.1 Å². The molecule has 0 bridgehead atoms. The van der Waals surface area contributed by atoms with Crippen LogP contribution in [0.5, 0.6) is 17.2 Å². The van der Waals surface area contributed by atoms with E-state index in [1.165, 1.54) is 19.4 Å². The number of rotatable bonds is 12. The van der Waals surface area contributed by atoms with Gasteiger partial charge in [0.15, 0.2) is 6.61 Å². The fraction of sp³-hybridized carbons (Fsp3) is 0.192. The molecule has 0 spiro atoms. The van der Waals surface area contributed by atoms with Crippen molar-refractivity contribution in [3.8, 4) is 17.2 Å². The van der Waals surface area contributed by atoms with Gasteiger partial charge in [0.2, 0.25) is 10.0 Å². The second-order valence-corrected chi connectivity index (χ2v) is 9.81. The van der Waals surface area contributed by atoms with Crippen molar-refractivity contribution in [2.75, 3.05) is 43.2 Å². The summed E-state index contributed by atoms with van der Waals surface area (Å²) in [5.74, 6) is 0.669. The molecule has 12 heteroatoms. The molecule has 2 amide bonds. The van der Waals surface area contributed by atoms with E-state index in [0.717, 1.165) is 10.6 Å². The van der Waals surface area contributed by atoms with Gasteiger partial charge in [-0.25, -0.2) is 13.8 Å². The number of hydrazone groups is 1. The monoisotopic (exact) mass is 540 g/mol. The van der Waals surface area contributed by atoms with Crippen molar-refractivity contribution in [3.63, 3.8) is 0 Å². The highest BCUT2D eigenvalue weighted by molar-refractivity contribution is 7.92. The maximum atomic E-state index is 12.4. The highest BCUT2D eigenvalue weighted by atomic mass is 32.2. The van der Waals surface area contributed by atoms with Crippen LogP contribution in [0, 0.1) is 0 Å². The van der Waals surface area contributed by atoms with Gasteiger partial charge in [0.05, 0.1) is 32.4 Å². The average Bonchev–Trinajstić information content (AvgIpc) is 2.91. The Morgan fingerprint density at radius 1 is 0.895 bits per heavy atom. The largest absolute Gasteiger partial charge is 0.497 e. The zero-order chi connectivity index (χ0) is 27.5. The SMILES string of the molecule is COc1ccc(NC(=O)COc2ccc(/C=N\NC(=O)CN(c3cccc(OC)c3)S(C)(=O)=O)cc2)cc1. The molecule has 0 radical (unpaired) electrons. The molecule has 0 aliphatic heterocycles. The number of hydrogen-bond donors (Lipinski definition) is 2. The van der Waals surface area contributed by atoms with Crippen molar-refractivity contribution in [2.24, 2.45) is 5.10 Å². The lowest BCUT2D eigenvalue weighted by Crippen LogP contribution is -2.39. The molecule has 0 saturated heterocycles. The molecular formula is C26H28N4O7S. The smallest absolute Gasteiger partial charge is 0.262 e. The molecule has 3 aromatic rings. The summed E-state index contributed by atoms with van der Waals surface area (Å²) in [7, 11) is -0.708. The lowest BCUT2D eigenvalue weighted by Gasteiger charge is -2.21. The summed E-state index contributed by atoms with van der Waals surface area (Å²) in [4.78, 5) is 24.5. The van der Waals surface area contributed by atoms with Gasteiger partial charge < -0.3 is 19.5 Å². The Morgan fingerprint density at radius 3 is 2.18 bits per heavy atom. The Labute approximate surface area is 221 Å². The zero-order valence-electron chi connectivity index (χ0n) is 21.1. The molecule has 0 unspecified atom stereocenters. The minimum atomic E-state index is -3.73. The second kappa shape index (κ2) is 13.1. The average molecular weight is 541 g/mol. The summed E-state index contributed by atoms with van der Waals surface area (Å²) in [6, 6.07) is 20.0. The van der Waals surface area contributed by atoms with Gasteiger partial charge in [-0.05, 0) is 66.2 Å². The number of sulfonamides is 1. The minimum Gasteiger partial charge on any atom is -0.497 e. The molecule has 11 nitrogen and oxygen atoms in total. The number of carbonyl (C=O) groups excluding carboxylic acids is 2. The Hall–Kier alpha value is -4.58. The summed E-state index contributed by atoms with van der Waals surface area (Å²) < 4.78 is 41.1. The molecule has 0 aromatic heterocycles. The van der Waals surface area contributed by atoms with Gasteiger partial charge in [-0.2, -0.15) is 5.10 Å². The first-order valence-corrected chi connectivity index (χ1v) is 13.1. The molecular weight excluding hydrogens is 512 g/mol. The first-order chi connectivity index (χ1) is 18.2. The molecule has 0 fully saturated rings. The van der Waals surface area contributed by atoms with Crippen molar-refractivity contribution in [1.29, 1.82) is 0 Å². The fourth-order valence-corrected chi connectivity index (χ4v) is 4.03. The summed E-state index contributed by atoms with van der Waals surface area (Å²) in [5, 5.41) is 6.61. The van der Waals surface area contributed by atoms with Crippen LogP contribution in [-0.2, 0) is 19.6 Å². The molecule has 0 aliphatic carbocycles. The third-order valence-corrected chi connectivity index (χ3v) is 6.20. The topological polar surface area (TPSA) is 136 Å². The van der Waals surface area contributed by atoms with Crippen LogP contribution in [0.1, 0.15) is 5.56 Å². The Bertz CT molecular complexity index is 1380. The number of amides is 2. The third kappa shape index (κ3) is 8.52. The van der Waals surface area contributed by atoms with Crippen LogP contribution in [0.25, 0.3) is 0 Å². The maximum Gasteiger partial charge on any atom is 0.262 e. The van der Waals surface area contributed by atoms with E-state index in [9.17, 15) is 18.0 Å². The molecule has 200 valence electrons. The molecule has 3 aromatic carbocycles. The van der Waals surface area contributed by atoms with Gasteiger partial charge >= 0.3 is 0 Å². The minimum absolute atomic E-state index is 0.181. The van der Waals surface area contributed by atoms with E-state index in [4.69, 9.17) is 14.2 Å². The summed E-state index contributed by atoms with van der Waals surface area (Å²) >= 11 is 0. The van der Waals surface area contributed by atoms with Gasteiger partial charge in [-0.3, -0.25) is 13.9 Å². The van der Waals surface area contributed by atoms with E-state index in [1.807, 2.05) is 0 Å². The predicted octanol–water partition coefficient (Wildman–Crippen LogP) is 2.64. The van der Waals surface area contributed by atoms with Crippen molar-refractivity contribution in [3.05, 3.63) is 78.4 Å². The van der Waals surface area contributed by atoms with Crippen LogP contribution in [0.15, 0.2) is 77.9 Å². The van der Waals surface area contributed by atoms with E-state index in [0.29, 0.717) is 34.2 Å². The number of benzene rings is 3. The number of hydrogen-bond acceptors (Lipinski definition) is 8. The van der Waals surface area contributed by atoms with Crippen LogP contribution in [0.2, 0.25) is 0 Å². The van der Waals surface area contributed by atoms with Crippen LogP contribution >= 0.6 is 0 Å². The van der Waals surface area contributed by atoms with E-state index < -0.39 is 22.5 Å². The van der Waals surface area contributed by atoms with Crippen molar-refractivity contribution < 1.29 is 32.2 Å². The summed E-state index contributed by atoms with van der Waals surface area (Å²) in [5.41, 5.74) is 3.88. The Kier molecular flexibility index (Phi) is 9.66. The van der Waals surface area contributed by atoms with Gasteiger partial charge in [0.1, 0.15) is 23.8 Å². The maximum absolute atomic E-state index is 12.4. The zero-order valence-corrected chi connectivity index (χ0v) is 21.9. The Morgan fingerprint density at radius 2 is 1.55 bits per heavy atom. The first kappa shape index (κ1) is 28.0. The number of ether oxygens (including phenoxy) is 3. The molecule has 38 heavy (non-hydrogen) atoms. The lowest BCUT2D eigenvalue weighted by molar-refractivity contribution is -0.119. The molecule has 0 atom stereocenters. The number of nitrogens with zero attached hydrogens (tertiary/aromatic N) is 2. The lowest BCUT2D eigenvalue weighted by atomic mass is 10.2. The normalized spacial score (nSPS) is 11.0. The molecule has 0 aliphatic rings. The molecule has 0 saturated carbocycles. The van der Waals surface area contributed by atoms with Gasteiger partial charge in [0, 0.05) is 11.8 Å². The van der Waals surface area contributed by atoms with Crippen LogP contribution < -0.4 is 29.3 Å². The number of nitrogens with one attached hydrogen (secondary N) is 2. The van der Waals surface area contributed by atoms with Gasteiger partial charge in [-0.1, -0.05) is 6.07 Å². The van der Waals surface area contributed by atoms with E-state index >= 15 is 0 Å². The van der Waals surface area contributed by atoms with Crippen molar-refractivity contribution >= 4 is 39.4 Å². The fourth-order valence-electron chi connectivity index (χ4n) is 3.18. The summed E-state index contributed by atoms with van der Waals surface area (Å²) in [6.45, 7) is -0.644. The standard InChI is InChI=1S/C26H28N4O7S/c1-35-22-13-9-20(10-14-22)28-26(32)18-37-23-11-7-19(8-12-23)16-27-29-25(31)17-30(38(3,33)34)21-5-4-6-24(15-21)36-2/h4-16H,17-18H2,1-3H3,(H,28,32)(H,29,31)/b27-16-. The van der Waals surface area contributed by atoms with E-state index in [1.54, 1.807) is 73.8 Å². The quantitative estimate of drug-likeness (QED) is 0.266. The number of methoxy groups -OCH3 is 2. The number of carbonyl (C=O) groups is 2. The van der Waals surface area contributed by atoms with E-state index in [2.05, 4.69) is 15.8 Å². The van der Waals surface area contributed by atoms with Crippen molar-refractivity contribution in [2.45, 2.75) is 0 Å². The number of anilines is 2. The van der Waals surface area contributed by atoms with Gasteiger partial charge in [-0.15, -0.1) is 0 Å². The molecule has 0 heterocycles. The highest BCUT2D eigenvalue weighted by Gasteiger charge is 2.21. The van der Waals surface area contributed by atoms with Crippen LogP contribution in [0.3, 0.4) is 0 Å². The predicted molar refractivity (Wildman–Crippen MR) is 144 cm³/mol. The Balaban J connectivity index is 1.49. The molecule has 2 N–H and O–H groups in total. The van der Waals surface area contributed by atoms with Crippen LogP contribution in [0.4, 0.5) is 11.4 Å². The van der Waals surface area contributed by atoms with Gasteiger partial charge in [0.25, 0.3) is 11.8 Å². The van der Waals surface area contributed by atoms with Crippen molar-refractivity contribution in [1.82, 2.24) is 5.43 Å².